The van der Waals surface area contributed by atoms with Crippen LogP contribution in [0.5, 0.6) is 0 Å². The van der Waals surface area contributed by atoms with Crippen LogP contribution in [0.3, 0.4) is 0 Å². The number of hydrogen-bond donors (Lipinski definition) is 1. The van der Waals surface area contributed by atoms with Crippen LogP contribution in [0.2, 0.25) is 0 Å². The fraction of sp³-hybridized carbons (Fsp3) is 1.00. The van der Waals surface area contributed by atoms with Gasteiger partial charge in [-0.1, -0.05) is 27.7 Å². The molecule has 0 radical (unpaired) electrons. The quantitative estimate of drug-likeness (QED) is 0.814. The molecule has 1 aliphatic heterocycles. The summed E-state index contributed by atoms with van der Waals surface area (Å²) in [5.41, 5.74) is 1.07. The molecule has 0 aromatic carbocycles. The van der Waals surface area contributed by atoms with Crippen molar-refractivity contribution in [2.24, 2.45) is 22.7 Å². The maximum atomic E-state index is 5.72. The summed E-state index contributed by atoms with van der Waals surface area (Å²) in [5, 5.41) is 3.65. The van der Waals surface area contributed by atoms with Gasteiger partial charge in [0.2, 0.25) is 0 Å². The van der Waals surface area contributed by atoms with Crippen molar-refractivity contribution in [2.45, 2.75) is 53.6 Å². The maximum Gasteiger partial charge on any atom is 0.0552 e. The molecular weight excluding hydrogens is 210 g/mol. The Labute approximate surface area is 107 Å². The molecule has 2 nitrogen and oxygen atoms in total. The summed E-state index contributed by atoms with van der Waals surface area (Å²) in [5.74, 6) is 1.60. The van der Waals surface area contributed by atoms with Gasteiger partial charge >= 0.3 is 0 Å². The number of rotatable bonds is 4. The highest BCUT2D eigenvalue weighted by Gasteiger charge is 2.70. The van der Waals surface area contributed by atoms with Crippen LogP contribution in [0.1, 0.15) is 47.5 Å². The van der Waals surface area contributed by atoms with E-state index in [0.29, 0.717) is 16.9 Å². The van der Waals surface area contributed by atoms with Gasteiger partial charge in [-0.15, -0.1) is 0 Å². The predicted molar refractivity (Wildman–Crippen MR) is 72.1 cm³/mol. The van der Waals surface area contributed by atoms with E-state index in [0.717, 1.165) is 25.0 Å². The van der Waals surface area contributed by atoms with Gasteiger partial charge in [0.1, 0.15) is 0 Å². The molecule has 1 saturated heterocycles. The summed E-state index contributed by atoms with van der Waals surface area (Å²) < 4.78 is 5.72. The van der Waals surface area contributed by atoms with Gasteiger partial charge in [0.25, 0.3) is 0 Å². The number of hydrogen-bond acceptors (Lipinski definition) is 2. The van der Waals surface area contributed by atoms with Crippen molar-refractivity contribution < 1.29 is 4.74 Å². The molecule has 1 heterocycles. The van der Waals surface area contributed by atoms with E-state index in [1.807, 2.05) is 0 Å². The third-order valence-electron chi connectivity index (χ3n) is 5.24. The van der Waals surface area contributed by atoms with E-state index in [1.54, 1.807) is 0 Å². The third-order valence-corrected chi connectivity index (χ3v) is 5.24. The molecule has 17 heavy (non-hydrogen) atoms. The zero-order valence-electron chi connectivity index (χ0n) is 12.2. The molecule has 100 valence electrons. The molecule has 0 bridgehead atoms. The maximum absolute atomic E-state index is 5.72. The Morgan fingerprint density at radius 2 is 2.06 bits per heavy atom. The Morgan fingerprint density at radius 3 is 2.65 bits per heavy atom. The van der Waals surface area contributed by atoms with Gasteiger partial charge in [0.05, 0.1) is 6.10 Å². The lowest BCUT2D eigenvalue weighted by Crippen LogP contribution is -2.29. The van der Waals surface area contributed by atoms with Crippen LogP contribution < -0.4 is 5.32 Å². The highest BCUT2D eigenvalue weighted by Crippen LogP contribution is 2.73. The standard InChI is InChI=1S/C15H29NO/c1-11(2)9-16-10-13-14(4,5)15(13)6-7-17-12(3)8-15/h11-13,16H,6-10H2,1-5H3. The normalized spacial score (nSPS) is 39.9. The molecule has 2 heteroatoms. The molecule has 3 atom stereocenters. The Bertz CT molecular complexity index is 274. The predicted octanol–water partition coefficient (Wildman–Crippen LogP) is 3.07. The van der Waals surface area contributed by atoms with E-state index in [2.05, 4.69) is 39.9 Å². The lowest BCUT2D eigenvalue weighted by molar-refractivity contribution is -0.0176. The van der Waals surface area contributed by atoms with Crippen LogP contribution in [0.25, 0.3) is 0 Å². The van der Waals surface area contributed by atoms with E-state index >= 15 is 0 Å². The summed E-state index contributed by atoms with van der Waals surface area (Å²) in [6, 6.07) is 0. The molecular formula is C15H29NO. The second-order valence-corrected chi connectivity index (χ2v) is 7.12. The summed E-state index contributed by atoms with van der Waals surface area (Å²) in [7, 11) is 0. The first-order chi connectivity index (χ1) is 7.90. The Morgan fingerprint density at radius 1 is 1.35 bits per heavy atom. The van der Waals surface area contributed by atoms with E-state index in [9.17, 15) is 0 Å². The van der Waals surface area contributed by atoms with Crippen LogP contribution in [-0.4, -0.2) is 25.8 Å². The number of nitrogens with one attached hydrogen (secondary N) is 1. The first-order valence-corrected chi connectivity index (χ1v) is 7.22. The van der Waals surface area contributed by atoms with E-state index < -0.39 is 0 Å². The molecule has 3 unspecified atom stereocenters. The zero-order valence-corrected chi connectivity index (χ0v) is 12.2. The van der Waals surface area contributed by atoms with Crippen molar-refractivity contribution in [1.29, 1.82) is 0 Å². The van der Waals surface area contributed by atoms with E-state index in [4.69, 9.17) is 4.74 Å². The Hall–Kier alpha value is -0.0800. The minimum Gasteiger partial charge on any atom is -0.378 e. The molecule has 1 aliphatic carbocycles. The Balaban J connectivity index is 1.90. The molecule has 0 aromatic heterocycles. The van der Waals surface area contributed by atoms with E-state index in [-0.39, 0.29) is 0 Å². The Kier molecular flexibility index (Phi) is 3.57. The topological polar surface area (TPSA) is 21.3 Å². The van der Waals surface area contributed by atoms with Crippen molar-refractivity contribution >= 4 is 0 Å². The minimum absolute atomic E-state index is 0.457. The average molecular weight is 239 g/mol. The third kappa shape index (κ3) is 2.26. The lowest BCUT2D eigenvalue weighted by Gasteiger charge is -2.30. The fourth-order valence-electron chi connectivity index (χ4n) is 4.05. The highest BCUT2D eigenvalue weighted by molar-refractivity contribution is 5.18. The van der Waals surface area contributed by atoms with Crippen molar-refractivity contribution in [2.75, 3.05) is 19.7 Å². The molecule has 1 saturated carbocycles. The summed E-state index contributed by atoms with van der Waals surface area (Å²) in [6.45, 7) is 15.0. The second kappa shape index (κ2) is 4.55. The SMILES string of the molecule is CC(C)CNCC1C(C)(C)C12CCOC(C)C2. The van der Waals surface area contributed by atoms with Gasteiger partial charge in [0, 0.05) is 6.61 Å². The van der Waals surface area contributed by atoms with Crippen molar-refractivity contribution in [3.63, 3.8) is 0 Å². The molecule has 2 aliphatic rings. The number of ether oxygens (including phenoxy) is 1. The fourth-order valence-corrected chi connectivity index (χ4v) is 4.05. The van der Waals surface area contributed by atoms with Crippen molar-refractivity contribution in [1.82, 2.24) is 5.32 Å². The van der Waals surface area contributed by atoms with E-state index in [1.165, 1.54) is 19.4 Å². The second-order valence-electron chi connectivity index (χ2n) is 7.12. The lowest BCUT2D eigenvalue weighted by atomic mass is 9.85. The van der Waals surface area contributed by atoms with Crippen LogP contribution in [0.4, 0.5) is 0 Å². The molecule has 1 spiro atoms. The van der Waals surface area contributed by atoms with Crippen LogP contribution in [0.15, 0.2) is 0 Å². The summed E-state index contributed by atoms with van der Waals surface area (Å²) >= 11 is 0. The summed E-state index contributed by atoms with van der Waals surface area (Å²) in [6.07, 6.45) is 2.98. The van der Waals surface area contributed by atoms with Gasteiger partial charge in [-0.05, 0) is 55.5 Å². The first-order valence-electron chi connectivity index (χ1n) is 7.22. The van der Waals surface area contributed by atoms with Gasteiger partial charge in [-0.25, -0.2) is 0 Å². The van der Waals surface area contributed by atoms with Crippen LogP contribution in [0, 0.1) is 22.7 Å². The van der Waals surface area contributed by atoms with Gasteiger partial charge < -0.3 is 10.1 Å². The molecule has 2 fully saturated rings. The van der Waals surface area contributed by atoms with Gasteiger partial charge in [-0.2, -0.15) is 0 Å². The van der Waals surface area contributed by atoms with Crippen LogP contribution in [-0.2, 0) is 4.74 Å². The molecule has 0 amide bonds. The highest BCUT2D eigenvalue weighted by atomic mass is 16.5. The van der Waals surface area contributed by atoms with Gasteiger partial charge in [0.15, 0.2) is 0 Å². The van der Waals surface area contributed by atoms with Crippen LogP contribution >= 0.6 is 0 Å². The molecule has 2 rings (SSSR count). The minimum atomic E-state index is 0.457. The van der Waals surface area contributed by atoms with Gasteiger partial charge in [-0.3, -0.25) is 0 Å². The van der Waals surface area contributed by atoms with Crippen molar-refractivity contribution in [3.8, 4) is 0 Å². The largest absolute Gasteiger partial charge is 0.378 e. The smallest absolute Gasteiger partial charge is 0.0552 e. The zero-order chi connectivity index (χ0) is 12.7. The van der Waals surface area contributed by atoms with Crippen molar-refractivity contribution in [3.05, 3.63) is 0 Å². The molecule has 1 N–H and O–H groups in total. The monoisotopic (exact) mass is 239 g/mol. The average Bonchev–Trinajstić information content (AvgIpc) is 2.63. The molecule has 0 aromatic rings. The summed E-state index contributed by atoms with van der Waals surface area (Å²) in [4.78, 5) is 0. The first kappa shape index (κ1) is 13.4.